The van der Waals surface area contributed by atoms with Crippen LogP contribution in [0, 0.1) is 40.4 Å². The Morgan fingerprint density at radius 3 is 2.46 bits per heavy atom. The maximum absolute atomic E-state index is 12.0. The van der Waals surface area contributed by atoms with Gasteiger partial charge in [-0.3, -0.25) is 9.59 Å². The van der Waals surface area contributed by atoms with Gasteiger partial charge < -0.3 is 5.11 Å². The number of ketones is 1. The van der Waals surface area contributed by atoms with Crippen LogP contribution in [0.2, 0.25) is 0 Å². The summed E-state index contributed by atoms with van der Waals surface area (Å²) in [4.78, 5) is 23.0. The van der Waals surface area contributed by atoms with Crippen molar-refractivity contribution >= 4 is 11.8 Å². The zero-order valence-corrected chi connectivity index (χ0v) is 18.6. The van der Waals surface area contributed by atoms with E-state index in [2.05, 4.69) is 20.8 Å². The van der Waals surface area contributed by atoms with Crippen molar-refractivity contribution in [3.63, 3.8) is 0 Å². The van der Waals surface area contributed by atoms with Crippen molar-refractivity contribution in [3.8, 4) is 0 Å². The van der Waals surface area contributed by atoms with Gasteiger partial charge in [-0.2, -0.15) is 0 Å². The van der Waals surface area contributed by atoms with Crippen LogP contribution < -0.4 is 0 Å². The van der Waals surface area contributed by atoms with Crippen LogP contribution in [0.4, 0.5) is 0 Å². The molecule has 0 aromatic carbocycles. The van der Waals surface area contributed by atoms with Crippen molar-refractivity contribution in [2.24, 2.45) is 40.4 Å². The van der Waals surface area contributed by atoms with Crippen LogP contribution in [0.1, 0.15) is 105 Å². The van der Waals surface area contributed by atoms with E-state index in [4.69, 9.17) is 5.11 Å². The summed E-state index contributed by atoms with van der Waals surface area (Å²) in [5.41, 5.74) is 0.749. The number of carboxylic acids is 1. The molecule has 3 aliphatic carbocycles. The normalized spacial score (nSPS) is 41.1. The van der Waals surface area contributed by atoms with E-state index in [9.17, 15) is 9.59 Å². The van der Waals surface area contributed by atoms with Gasteiger partial charge in [0.25, 0.3) is 0 Å². The fraction of sp³-hybridized carbons (Fsp3) is 0.920. The first-order valence-electron chi connectivity index (χ1n) is 11.9. The second-order valence-electron chi connectivity index (χ2n) is 11.0. The third-order valence-electron chi connectivity index (χ3n) is 9.56. The molecule has 3 aliphatic rings. The van der Waals surface area contributed by atoms with Gasteiger partial charge in [0.05, 0.1) is 0 Å². The molecule has 160 valence electrons. The molecule has 7 atom stereocenters. The maximum atomic E-state index is 12.0. The molecule has 3 unspecified atom stereocenters. The molecule has 1 N–H and O–H groups in total. The SMILES string of the molecule is CCC(=O)CC[C@@]1(C)CCCC2C1CC[C@@]1(C)C2CC[C@@H]1[C@H](C)CCC(=O)O. The molecule has 0 heterocycles. The molecule has 3 rings (SSSR count). The fourth-order valence-corrected chi connectivity index (χ4v) is 7.92. The molecule has 3 saturated carbocycles. The predicted octanol–water partition coefficient (Wildman–Crippen LogP) is 6.50. The highest BCUT2D eigenvalue weighted by Gasteiger charge is 2.58. The van der Waals surface area contributed by atoms with Crippen LogP contribution in [0.3, 0.4) is 0 Å². The predicted molar refractivity (Wildman–Crippen MR) is 113 cm³/mol. The van der Waals surface area contributed by atoms with Gasteiger partial charge in [0.15, 0.2) is 0 Å². The molecule has 0 spiro atoms. The first-order valence-corrected chi connectivity index (χ1v) is 11.9. The van der Waals surface area contributed by atoms with Crippen LogP contribution >= 0.6 is 0 Å². The number of carboxylic acid groups (broad SMARTS) is 1. The molecule has 28 heavy (non-hydrogen) atoms. The quantitative estimate of drug-likeness (QED) is 0.515. The zero-order valence-electron chi connectivity index (χ0n) is 18.6. The first kappa shape index (κ1) is 21.8. The second kappa shape index (κ2) is 8.48. The molecule has 3 fully saturated rings. The first-order chi connectivity index (χ1) is 13.2. The van der Waals surface area contributed by atoms with Crippen LogP contribution in [0.25, 0.3) is 0 Å². The van der Waals surface area contributed by atoms with E-state index in [-0.39, 0.29) is 0 Å². The Morgan fingerprint density at radius 1 is 1.04 bits per heavy atom. The van der Waals surface area contributed by atoms with Crippen LogP contribution in [0.15, 0.2) is 0 Å². The van der Waals surface area contributed by atoms with Gasteiger partial charge in [-0.25, -0.2) is 0 Å². The van der Waals surface area contributed by atoms with E-state index < -0.39 is 5.97 Å². The van der Waals surface area contributed by atoms with E-state index in [1.165, 1.54) is 44.9 Å². The third kappa shape index (κ3) is 4.05. The minimum absolute atomic E-state index is 0.313. The summed E-state index contributed by atoms with van der Waals surface area (Å²) in [6.45, 7) is 9.31. The zero-order chi connectivity index (χ0) is 20.5. The Hall–Kier alpha value is -0.860. The highest BCUT2D eigenvalue weighted by molar-refractivity contribution is 5.78. The van der Waals surface area contributed by atoms with Gasteiger partial charge in [0.1, 0.15) is 5.78 Å². The van der Waals surface area contributed by atoms with Crippen LogP contribution in [-0.2, 0) is 9.59 Å². The molecular formula is C25H42O3. The summed E-state index contributed by atoms with van der Waals surface area (Å²) in [5, 5.41) is 9.10. The van der Waals surface area contributed by atoms with Crippen LogP contribution in [0.5, 0.6) is 0 Å². The molecule has 0 aliphatic heterocycles. The number of hydrogen-bond acceptors (Lipinski definition) is 2. The molecule has 3 heteroatoms. The number of fused-ring (bicyclic) bond motifs is 3. The topological polar surface area (TPSA) is 54.4 Å². The maximum Gasteiger partial charge on any atom is 0.303 e. The third-order valence-corrected chi connectivity index (χ3v) is 9.56. The van der Waals surface area contributed by atoms with Crippen molar-refractivity contribution in [2.45, 2.75) is 105 Å². The van der Waals surface area contributed by atoms with E-state index >= 15 is 0 Å². The highest BCUT2D eigenvalue weighted by Crippen LogP contribution is 2.66. The standard InChI is InChI=1S/C25H42O3/c1-5-18(26)12-15-24(3)14-6-7-19-21(24)13-16-25(4)20(9-10-22(19)25)17(2)8-11-23(27)28/h17,19-22H,5-16H2,1-4H3,(H,27,28)/t17-,19?,20-,21?,22?,24-,25-/m1/s1. The van der Waals surface area contributed by atoms with Crippen molar-refractivity contribution < 1.29 is 14.7 Å². The summed E-state index contributed by atoms with van der Waals surface area (Å²) in [6.07, 6.45) is 12.9. The lowest BCUT2D eigenvalue weighted by Crippen LogP contribution is -2.49. The number of Topliss-reactive ketones (excluding diaryl/α,β-unsaturated/α-hetero) is 1. The lowest BCUT2D eigenvalue weighted by Gasteiger charge is -2.57. The minimum Gasteiger partial charge on any atom is -0.481 e. The Kier molecular flexibility index (Phi) is 6.61. The fourth-order valence-electron chi connectivity index (χ4n) is 7.92. The largest absolute Gasteiger partial charge is 0.481 e. The minimum atomic E-state index is -0.653. The van der Waals surface area contributed by atoms with E-state index in [0.717, 1.165) is 37.0 Å². The molecule has 0 aromatic rings. The van der Waals surface area contributed by atoms with Crippen molar-refractivity contribution in [2.75, 3.05) is 0 Å². The number of carbonyl (C=O) groups is 2. The van der Waals surface area contributed by atoms with Crippen molar-refractivity contribution in [3.05, 3.63) is 0 Å². The average Bonchev–Trinajstić information content (AvgIpc) is 3.02. The van der Waals surface area contributed by atoms with Gasteiger partial charge in [0, 0.05) is 19.3 Å². The highest BCUT2D eigenvalue weighted by atomic mass is 16.4. The van der Waals surface area contributed by atoms with Gasteiger partial charge in [0.2, 0.25) is 0 Å². The monoisotopic (exact) mass is 390 g/mol. The summed E-state index contributed by atoms with van der Waals surface area (Å²) < 4.78 is 0. The molecule has 0 saturated heterocycles. The van der Waals surface area contributed by atoms with Crippen molar-refractivity contribution in [1.82, 2.24) is 0 Å². The molecule has 0 bridgehead atoms. The number of aliphatic carboxylic acids is 1. The lowest BCUT2D eigenvalue weighted by molar-refractivity contribution is -0.137. The van der Waals surface area contributed by atoms with Gasteiger partial charge in [-0.1, -0.05) is 34.1 Å². The number of hydrogen-bond donors (Lipinski definition) is 1. The lowest BCUT2D eigenvalue weighted by atomic mass is 9.48. The van der Waals surface area contributed by atoms with E-state index in [1.807, 2.05) is 6.92 Å². The smallest absolute Gasteiger partial charge is 0.303 e. The molecule has 0 radical (unpaired) electrons. The van der Waals surface area contributed by atoms with Gasteiger partial charge in [-0.15, -0.1) is 0 Å². The summed E-state index contributed by atoms with van der Waals surface area (Å²) in [6, 6.07) is 0. The Balaban J connectivity index is 1.72. The molecule has 3 nitrogen and oxygen atoms in total. The summed E-state index contributed by atoms with van der Waals surface area (Å²) in [7, 11) is 0. The number of rotatable bonds is 8. The summed E-state index contributed by atoms with van der Waals surface area (Å²) >= 11 is 0. The van der Waals surface area contributed by atoms with Crippen LogP contribution in [-0.4, -0.2) is 16.9 Å². The summed E-state index contributed by atoms with van der Waals surface area (Å²) in [5.74, 6) is 3.40. The Labute approximate surface area is 172 Å². The van der Waals surface area contributed by atoms with Gasteiger partial charge >= 0.3 is 5.97 Å². The molecule has 0 aromatic heterocycles. The second-order valence-corrected chi connectivity index (χ2v) is 11.0. The average molecular weight is 391 g/mol. The van der Waals surface area contributed by atoms with E-state index in [1.54, 1.807) is 0 Å². The number of carbonyl (C=O) groups excluding carboxylic acids is 1. The molecular weight excluding hydrogens is 348 g/mol. The van der Waals surface area contributed by atoms with E-state index in [0.29, 0.717) is 41.3 Å². The Morgan fingerprint density at radius 2 is 1.79 bits per heavy atom. The Bertz CT molecular complexity index is 584. The van der Waals surface area contributed by atoms with Gasteiger partial charge in [-0.05, 0) is 91.8 Å². The van der Waals surface area contributed by atoms with Crippen molar-refractivity contribution in [1.29, 1.82) is 0 Å². The molecule has 0 amide bonds.